The van der Waals surface area contributed by atoms with Gasteiger partial charge in [-0.2, -0.15) is 5.10 Å². The third kappa shape index (κ3) is 3.96. The molecule has 1 aliphatic rings. The number of aryl methyl sites for hydroxylation is 1. The zero-order valence-electron chi connectivity index (χ0n) is 16.1. The summed E-state index contributed by atoms with van der Waals surface area (Å²) in [6.45, 7) is 1.07. The molecule has 1 fully saturated rings. The van der Waals surface area contributed by atoms with Crippen LogP contribution in [0.1, 0.15) is 27.1 Å². The molecule has 8 nitrogen and oxygen atoms in total. The van der Waals surface area contributed by atoms with Gasteiger partial charge >= 0.3 is 0 Å². The summed E-state index contributed by atoms with van der Waals surface area (Å²) in [5.41, 5.74) is 8.54. The van der Waals surface area contributed by atoms with Crippen LogP contribution in [0.3, 0.4) is 0 Å². The third-order valence-electron chi connectivity index (χ3n) is 5.03. The molecule has 1 aromatic carbocycles. The number of nitrogen functional groups attached to an aromatic ring is 1. The van der Waals surface area contributed by atoms with Crippen LogP contribution in [0.2, 0.25) is 0 Å². The molecular weight excluding hydrogens is 368 g/mol. The fourth-order valence-electron chi connectivity index (χ4n) is 3.47. The zero-order valence-corrected chi connectivity index (χ0v) is 16.1. The maximum atomic E-state index is 12.8. The molecule has 8 heteroatoms. The number of benzene rings is 1. The van der Waals surface area contributed by atoms with Gasteiger partial charge in [-0.05, 0) is 24.6 Å². The molecule has 2 aromatic heterocycles. The number of nitrogens with one attached hydrogen (secondary N) is 1. The van der Waals surface area contributed by atoms with E-state index in [4.69, 9.17) is 5.73 Å². The number of amides is 2. The van der Waals surface area contributed by atoms with Crippen LogP contribution in [0.15, 0.2) is 55.0 Å². The van der Waals surface area contributed by atoms with Crippen LogP contribution in [-0.2, 0) is 7.05 Å². The molecular formula is C21H22N6O2. The number of aromatic nitrogens is 3. The van der Waals surface area contributed by atoms with Crippen LogP contribution in [0, 0.1) is 0 Å². The van der Waals surface area contributed by atoms with Gasteiger partial charge in [0, 0.05) is 55.3 Å². The van der Waals surface area contributed by atoms with Gasteiger partial charge in [-0.1, -0.05) is 18.2 Å². The summed E-state index contributed by atoms with van der Waals surface area (Å²) in [4.78, 5) is 31.3. The zero-order chi connectivity index (χ0) is 20.4. The van der Waals surface area contributed by atoms with E-state index in [1.807, 2.05) is 31.4 Å². The number of nitrogens with two attached hydrogens (primary N) is 1. The fraction of sp³-hybridized carbons (Fsp3) is 0.238. The van der Waals surface area contributed by atoms with Gasteiger partial charge in [0.15, 0.2) is 0 Å². The number of pyridine rings is 1. The molecule has 3 aromatic rings. The summed E-state index contributed by atoms with van der Waals surface area (Å²) in [7, 11) is 1.82. The fourth-order valence-corrected chi connectivity index (χ4v) is 3.47. The largest absolute Gasteiger partial charge is 0.383 e. The molecule has 0 aliphatic carbocycles. The Hall–Kier alpha value is -3.68. The van der Waals surface area contributed by atoms with Gasteiger partial charge in [0.05, 0.1) is 11.8 Å². The van der Waals surface area contributed by atoms with Crippen LogP contribution in [0.4, 0.5) is 5.82 Å². The first kappa shape index (κ1) is 18.7. The van der Waals surface area contributed by atoms with Crippen LogP contribution in [0.5, 0.6) is 0 Å². The Bertz CT molecular complexity index is 1050. The van der Waals surface area contributed by atoms with Crippen molar-refractivity contribution in [2.24, 2.45) is 7.05 Å². The van der Waals surface area contributed by atoms with Gasteiger partial charge in [0.2, 0.25) is 0 Å². The lowest BCUT2D eigenvalue weighted by Crippen LogP contribution is -2.38. The number of nitrogens with zero attached hydrogens (tertiary/aromatic N) is 4. The van der Waals surface area contributed by atoms with Crippen molar-refractivity contribution in [2.75, 3.05) is 18.8 Å². The molecule has 4 rings (SSSR count). The Morgan fingerprint density at radius 2 is 1.97 bits per heavy atom. The molecule has 148 valence electrons. The van der Waals surface area contributed by atoms with E-state index in [-0.39, 0.29) is 23.7 Å². The van der Waals surface area contributed by atoms with Crippen molar-refractivity contribution in [3.05, 3.63) is 66.1 Å². The first-order chi connectivity index (χ1) is 14.0. The van der Waals surface area contributed by atoms with Crippen molar-refractivity contribution in [3.63, 3.8) is 0 Å². The number of hydrogen-bond donors (Lipinski definition) is 2. The lowest BCUT2D eigenvalue weighted by atomic mass is 10.1. The Balaban J connectivity index is 1.44. The van der Waals surface area contributed by atoms with Gasteiger partial charge in [-0.3, -0.25) is 14.3 Å². The first-order valence-electron chi connectivity index (χ1n) is 9.41. The minimum atomic E-state index is -0.292. The molecule has 0 saturated carbocycles. The first-order valence-corrected chi connectivity index (χ1v) is 9.41. The van der Waals surface area contributed by atoms with Crippen molar-refractivity contribution in [2.45, 2.75) is 12.5 Å². The van der Waals surface area contributed by atoms with Crippen molar-refractivity contribution in [1.82, 2.24) is 25.0 Å². The van der Waals surface area contributed by atoms with E-state index >= 15 is 0 Å². The van der Waals surface area contributed by atoms with Gasteiger partial charge in [-0.15, -0.1) is 0 Å². The predicted octanol–water partition coefficient (Wildman–Crippen LogP) is 1.71. The highest BCUT2D eigenvalue weighted by atomic mass is 16.2. The van der Waals surface area contributed by atoms with Crippen molar-refractivity contribution in [1.29, 1.82) is 0 Å². The molecule has 3 heterocycles. The average Bonchev–Trinajstić information content (AvgIpc) is 3.37. The number of likely N-dealkylation sites (tertiary alicyclic amines) is 1. The smallest absolute Gasteiger partial charge is 0.255 e. The van der Waals surface area contributed by atoms with E-state index in [0.717, 1.165) is 11.1 Å². The number of anilines is 1. The number of hydrogen-bond acceptors (Lipinski definition) is 5. The predicted molar refractivity (Wildman–Crippen MR) is 109 cm³/mol. The highest BCUT2D eigenvalue weighted by molar-refractivity contribution is 6.00. The Morgan fingerprint density at radius 1 is 1.17 bits per heavy atom. The summed E-state index contributed by atoms with van der Waals surface area (Å²) in [5.74, 6) is -0.146. The van der Waals surface area contributed by atoms with Crippen molar-refractivity contribution in [3.8, 4) is 11.1 Å². The minimum Gasteiger partial charge on any atom is -0.383 e. The SMILES string of the molecule is Cn1cc(-c2cnc(N)c(C(=O)N[C@@H]3CCN(C(=O)c4ccccc4)C3)c2)cn1. The van der Waals surface area contributed by atoms with E-state index in [1.54, 1.807) is 40.2 Å². The van der Waals surface area contributed by atoms with E-state index in [2.05, 4.69) is 15.4 Å². The van der Waals surface area contributed by atoms with E-state index in [9.17, 15) is 9.59 Å². The molecule has 3 N–H and O–H groups in total. The second kappa shape index (κ2) is 7.75. The molecule has 1 aliphatic heterocycles. The van der Waals surface area contributed by atoms with E-state index < -0.39 is 0 Å². The molecule has 0 radical (unpaired) electrons. The van der Waals surface area contributed by atoms with Crippen LogP contribution >= 0.6 is 0 Å². The number of rotatable bonds is 4. The maximum Gasteiger partial charge on any atom is 0.255 e. The summed E-state index contributed by atoms with van der Waals surface area (Å²) in [5, 5.41) is 7.13. The monoisotopic (exact) mass is 390 g/mol. The maximum absolute atomic E-state index is 12.8. The Kier molecular flexibility index (Phi) is 4.99. The molecule has 1 saturated heterocycles. The second-order valence-corrected chi connectivity index (χ2v) is 7.14. The van der Waals surface area contributed by atoms with Gasteiger partial charge < -0.3 is 16.0 Å². The van der Waals surface area contributed by atoms with Crippen molar-refractivity contribution < 1.29 is 9.59 Å². The van der Waals surface area contributed by atoms with Crippen LogP contribution < -0.4 is 11.1 Å². The summed E-state index contributed by atoms with van der Waals surface area (Å²) in [6.07, 6.45) is 5.87. The van der Waals surface area contributed by atoms with E-state index in [0.29, 0.717) is 30.6 Å². The average molecular weight is 390 g/mol. The van der Waals surface area contributed by atoms with Gasteiger partial charge in [0.1, 0.15) is 5.82 Å². The lowest BCUT2D eigenvalue weighted by molar-refractivity contribution is 0.0783. The van der Waals surface area contributed by atoms with E-state index in [1.165, 1.54) is 0 Å². The van der Waals surface area contributed by atoms with Crippen LogP contribution in [0.25, 0.3) is 11.1 Å². The highest BCUT2D eigenvalue weighted by Gasteiger charge is 2.28. The van der Waals surface area contributed by atoms with Crippen LogP contribution in [-0.4, -0.2) is 50.6 Å². The summed E-state index contributed by atoms with van der Waals surface area (Å²) >= 11 is 0. The minimum absolute atomic E-state index is 0.0258. The highest BCUT2D eigenvalue weighted by Crippen LogP contribution is 2.22. The molecule has 0 spiro atoms. The summed E-state index contributed by atoms with van der Waals surface area (Å²) in [6, 6.07) is 10.7. The second-order valence-electron chi connectivity index (χ2n) is 7.14. The Labute approximate surface area is 168 Å². The molecule has 1 atom stereocenters. The number of carbonyl (C=O) groups is 2. The van der Waals surface area contributed by atoms with Gasteiger partial charge in [0.25, 0.3) is 11.8 Å². The third-order valence-corrected chi connectivity index (χ3v) is 5.03. The molecule has 0 bridgehead atoms. The molecule has 0 unspecified atom stereocenters. The standard InChI is InChI=1S/C21H22N6O2/c1-26-12-16(11-24-26)15-9-18(19(22)23-10-15)20(28)25-17-7-8-27(13-17)21(29)14-5-3-2-4-6-14/h2-6,9-12,17H,7-8,13H2,1H3,(H2,22,23)(H,25,28)/t17-/m1/s1. The Morgan fingerprint density at radius 3 is 2.69 bits per heavy atom. The quantitative estimate of drug-likeness (QED) is 0.705. The number of carbonyl (C=O) groups excluding carboxylic acids is 2. The summed E-state index contributed by atoms with van der Waals surface area (Å²) < 4.78 is 1.68. The topological polar surface area (TPSA) is 106 Å². The molecule has 29 heavy (non-hydrogen) atoms. The van der Waals surface area contributed by atoms with Gasteiger partial charge in [-0.25, -0.2) is 4.98 Å². The normalized spacial score (nSPS) is 16.0. The van der Waals surface area contributed by atoms with Crippen molar-refractivity contribution >= 4 is 17.6 Å². The lowest BCUT2D eigenvalue weighted by Gasteiger charge is -2.17. The molecule has 2 amide bonds.